The van der Waals surface area contributed by atoms with Gasteiger partial charge < -0.3 is 10.1 Å². The number of rotatable bonds is 5. The molecule has 1 amide bonds. The Morgan fingerprint density at radius 2 is 1.96 bits per heavy atom. The average molecular weight is 369 g/mol. The summed E-state index contributed by atoms with van der Waals surface area (Å²) >= 11 is 1.51. The molecule has 0 aliphatic heterocycles. The normalized spacial score (nSPS) is 20.1. The fourth-order valence-corrected chi connectivity index (χ4v) is 4.47. The SMILES string of the molecule is C[C@@H]1CCc2sc(C(=O)O[C@H](C(=O)NC3CC3)c3ccccc3)cc2C1. The summed E-state index contributed by atoms with van der Waals surface area (Å²) in [6, 6.07) is 11.4. The van der Waals surface area contributed by atoms with Crippen molar-refractivity contribution in [2.24, 2.45) is 5.92 Å². The second-order valence-corrected chi connectivity index (χ2v) is 8.52. The summed E-state index contributed by atoms with van der Waals surface area (Å²) < 4.78 is 5.68. The molecule has 5 heteroatoms. The van der Waals surface area contributed by atoms with Crippen LogP contribution in [0.2, 0.25) is 0 Å². The Morgan fingerprint density at radius 1 is 1.19 bits per heavy atom. The van der Waals surface area contributed by atoms with E-state index in [9.17, 15) is 9.59 Å². The summed E-state index contributed by atoms with van der Waals surface area (Å²) in [4.78, 5) is 27.2. The van der Waals surface area contributed by atoms with Crippen molar-refractivity contribution < 1.29 is 14.3 Å². The number of carbonyl (C=O) groups is 2. The van der Waals surface area contributed by atoms with E-state index in [0.717, 1.165) is 25.7 Å². The van der Waals surface area contributed by atoms with E-state index in [1.807, 2.05) is 36.4 Å². The summed E-state index contributed by atoms with van der Waals surface area (Å²) in [5, 5.41) is 2.95. The van der Waals surface area contributed by atoms with Gasteiger partial charge in [-0.15, -0.1) is 11.3 Å². The number of aryl methyl sites for hydroxylation is 1. The lowest BCUT2D eigenvalue weighted by Crippen LogP contribution is -2.33. The minimum Gasteiger partial charge on any atom is -0.443 e. The number of fused-ring (bicyclic) bond motifs is 1. The first-order valence-electron chi connectivity index (χ1n) is 9.28. The molecule has 0 bridgehead atoms. The fraction of sp³-hybridized carbons (Fsp3) is 0.429. The van der Waals surface area contributed by atoms with Crippen LogP contribution in [0.1, 0.15) is 58.0 Å². The second kappa shape index (κ2) is 7.23. The largest absolute Gasteiger partial charge is 0.443 e. The Kier molecular flexibility index (Phi) is 4.81. The Bertz CT molecular complexity index is 810. The van der Waals surface area contributed by atoms with Crippen LogP contribution < -0.4 is 5.32 Å². The molecule has 1 aromatic heterocycles. The zero-order valence-electron chi connectivity index (χ0n) is 14.9. The fourth-order valence-electron chi connectivity index (χ4n) is 3.38. The highest BCUT2D eigenvalue weighted by Crippen LogP contribution is 2.33. The van der Waals surface area contributed by atoms with Crippen LogP contribution in [0.3, 0.4) is 0 Å². The van der Waals surface area contributed by atoms with Crippen molar-refractivity contribution in [3.05, 3.63) is 57.3 Å². The van der Waals surface area contributed by atoms with Gasteiger partial charge in [0.05, 0.1) is 0 Å². The molecule has 2 aliphatic rings. The van der Waals surface area contributed by atoms with E-state index in [0.29, 0.717) is 16.4 Å². The third kappa shape index (κ3) is 3.83. The van der Waals surface area contributed by atoms with Crippen LogP contribution in [0.4, 0.5) is 0 Å². The lowest BCUT2D eigenvalue weighted by Gasteiger charge is -2.17. The molecule has 4 rings (SSSR count). The average Bonchev–Trinajstić information content (AvgIpc) is 3.35. The number of amides is 1. The predicted octanol–water partition coefficient (Wildman–Crippen LogP) is 4.05. The van der Waals surface area contributed by atoms with Crippen molar-refractivity contribution in [3.8, 4) is 0 Å². The maximum absolute atomic E-state index is 12.7. The van der Waals surface area contributed by atoms with E-state index < -0.39 is 12.1 Å². The molecule has 2 aromatic rings. The number of carbonyl (C=O) groups excluding carboxylic acids is 2. The first-order chi connectivity index (χ1) is 12.6. The van der Waals surface area contributed by atoms with E-state index >= 15 is 0 Å². The zero-order chi connectivity index (χ0) is 18.1. The van der Waals surface area contributed by atoms with E-state index in [-0.39, 0.29) is 11.9 Å². The van der Waals surface area contributed by atoms with Crippen LogP contribution in [0.5, 0.6) is 0 Å². The topological polar surface area (TPSA) is 55.4 Å². The standard InChI is InChI=1S/C21H23NO3S/c1-13-7-10-17-15(11-13)12-18(26-17)21(24)25-19(14-5-3-2-4-6-14)20(23)22-16-8-9-16/h2-6,12-13,16,19H,7-11H2,1H3,(H,22,23)/t13-,19+/m1/s1. The Morgan fingerprint density at radius 3 is 2.69 bits per heavy atom. The maximum atomic E-state index is 12.7. The van der Waals surface area contributed by atoms with Crippen molar-refractivity contribution >= 4 is 23.2 Å². The van der Waals surface area contributed by atoms with E-state index in [1.165, 1.54) is 28.2 Å². The monoisotopic (exact) mass is 369 g/mol. The summed E-state index contributed by atoms with van der Waals surface area (Å²) in [6.07, 6.45) is 4.30. The van der Waals surface area contributed by atoms with Crippen molar-refractivity contribution in [2.45, 2.75) is 51.2 Å². The predicted molar refractivity (Wildman–Crippen MR) is 101 cm³/mol. The van der Waals surface area contributed by atoms with Crippen molar-refractivity contribution in [1.82, 2.24) is 5.32 Å². The van der Waals surface area contributed by atoms with Crippen molar-refractivity contribution in [2.75, 3.05) is 0 Å². The lowest BCUT2D eigenvalue weighted by atomic mass is 9.90. The summed E-state index contributed by atoms with van der Waals surface area (Å²) in [5.41, 5.74) is 1.97. The molecule has 1 fully saturated rings. The molecule has 2 atom stereocenters. The molecule has 1 heterocycles. The summed E-state index contributed by atoms with van der Waals surface area (Å²) in [5.74, 6) is 0.0150. The smallest absolute Gasteiger partial charge is 0.349 e. The van der Waals surface area contributed by atoms with Crippen LogP contribution in [0.25, 0.3) is 0 Å². The summed E-state index contributed by atoms with van der Waals surface area (Å²) in [6.45, 7) is 2.24. The number of hydrogen-bond donors (Lipinski definition) is 1. The van der Waals surface area contributed by atoms with Gasteiger partial charge in [0.25, 0.3) is 5.91 Å². The number of thiophene rings is 1. The van der Waals surface area contributed by atoms with Crippen LogP contribution >= 0.6 is 11.3 Å². The molecule has 0 unspecified atom stereocenters. The van der Waals surface area contributed by atoms with Gasteiger partial charge in [-0.1, -0.05) is 37.3 Å². The van der Waals surface area contributed by atoms with E-state index in [1.54, 1.807) is 0 Å². The second-order valence-electron chi connectivity index (χ2n) is 7.39. The zero-order valence-corrected chi connectivity index (χ0v) is 15.7. The van der Waals surface area contributed by atoms with Crippen LogP contribution in [-0.4, -0.2) is 17.9 Å². The first kappa shape index (κ1) is 17.3. The molecule has 0 radical (unpaired) electrons. The van der Waals surface area contributed by atoms with Crippen LogP contribution in [0.15, 0.2) is 36.4 Å². The third-order valence-electron chi connectivity index (χ3n) is 5.02. The van der Waals surface area contributed by atoms with Crippen molar-refractivity contribution in [1.29, 1.82) is 0 Å². The molecule has 136 valence electrons. The quantitative estimate of drug-likeness (QED) is 0.809. The molecule has 4 nitrogen and oxygen atoms in total. The molecular formula is C21H23NO3S. The van der Waals surface area contributed by atoms with Gasteiger partial charge in [0.15, 0.2) is 0 Å². The van der Waals surface area contributed by atoms with Crippen molar-refractivity contribution in [3.63, 3.8) is 0 Å². The van der Waals surface area contributed by atoms with Crippen LogP contribution in [0, 0.1) is 5.92 Å². The third-order valence-corrected chi connectivity index (χ3v) is 6.24. The number of benzene rings is 1. The van der Waals surface area contributed by atoms with Gasteiger partial charge in [-0.2, -0.15) is 0 Å². The minimum absolute atomic E-state index is 0.225. The molecule has 26 heavy (non-hydrogen) atoms. The Hall–Kier alpha value is -2.14. The number of ether oxygens (including phenoxy) is 1. The molecule has 2 aliphatic carbocycles. The molecule has 0 saturated heterocycles. The molecule has 0 spiro atoms. The van der Waals surface area contributed by atoms with Crippen LogP contribution in [-0.2, 0) is 22.4 Å². The van der Waals surface area contributed by atoms with Gasteiger partial charge in [0, 0.05) is 16.5 Å². The van der Waals surface area contributed by atoms with Gasteiger partial charge in [0.2, 0.25) is 6.10 Å². The molecular weight excluding hydrogens is 346 g/mol. The molecule has 1 N–H and O–H groups in total. The van der Waals surface area contributed by atoms with Gasteiger partial charge in [-0.3, -0.25) is 4.79 Å². The number of hydrogen-bond acceptors (Lipinski definition) is 4. The molecule has 1 aromatic carbocycles. The first-order valence-corrected chi connectivity index (χ1v) is 10.1. The van der Waals surface area contributed by atoms with E-state index in [4.69, 9.17) is 4.74 Å². The maximum Gasteiger partial charge on any atom is 0.349 e. The summed E-state index contributed by atoms with van der Waals surface area (Å²) in [7, 11) is 0. The highest BCUT2D eigenvalue weighted by Gasteiger charge is 2.32. The van der Waals surface area contributed by atoms with Gasteiger partial charge in [-0.25, -0.2) is 4.79 Å². The lowest BCUT2D eigenvalue weighted by molar-refractivity contribution is -0.130. The van der Waals surface area contributed by atoms with Gasteiger partial charge >= 0.3 is 5.97 Å². The van der Waals surface area contributed by atoms with E-state index in [2.05, 4.69) is 12.2 Å². The Labute approximate surface area is 157 Å². The van der Waals surface area contributed by atoms with Gasteiger partial charge in [0.1, 0.15) is 4.88 Å². The Balaban J connectivity index is 1.53. The number of nitrogens with one attached hydrogen (secondary N) is 1. The minimum atomic E-state index is -0.901. The molecule has 1 saturated carbocycles. The number of esters is 1. The highest BCUT2D eigenvalue weighted by atomic mass is 32.1. The van der Waals surface area contributed by atoms with Gasteiger partial charge in [-0.05, 0) is 49.7 Å². The highest BCUT2D eigenvalue weighted by molar-refractivity contribution is 7.14.